The third-order valence-electron chi connectivity index (χ3n) is 3.38. The summed E-state index contributed by atoms with van der Waals surface area (Å²) < 4.78 is 22.6. The Morgan fingerprint density at radius 1 is 0.955 bits per heavy atom. The Labute approximate surface area is 130 Å². The summed E-state index contributed by atoms with van der Waals surface area (Å²) in [4.78, 5) is 0. The van der Waals surface area contributed by atoms with Gasteiger partial charge < -0.3 is 18.9 Å². The number of benzene rings is 2. The molecule has 0 amide bonds. The monoisotopic (exact) mass is 300 g/mol. The molecule has 2 atom stereocenters. The van der Waals surface area contributed by atoms with Crippen molar-refractivity contribution < 1.29 is 18.9 Å². The van der Waals surface area contributed by atoms with Crippen LogP contribution in [0.15, 0.2) is 54.6 Å². The van der Waals surface area contributed by atoms with E-state index in [0.717, 1.165) is 23.7 Å². The molecule has 4 nitrogen and oxygen atoms in total. The molecule has 1 aliphatic rings. The molecule has 0 unspecified atom stereocenters. The Morgan fingerprint density at radius 2 is 1.64 bits per heavy atom. The first kappa shape index (κ1) is 14.9. The summed E-state index contributed by atoms with van der Waals surface area (Å²) in [6, 6.07) is 17.3. The third kappa shape index (κ3) is 4.00. The molecule has 3 rings (SSSR count). The van der Waals surface area contributed by atoms with Crippen molar-refractivity contribution in [3.63, 3.8) is 0 Å². The second-order valence-corrected chi connectivity index (χ2v) is 5.13. The van der Waals surface area contributed by atoms with Gasteiger partial charge in [0.2, 0.25) is 0 Å². The molecule has 1 fully saturated rings. The Balaban J connectivity index is 1.49. The van der Waals surface area contributed by atoms with E-state index in [0.29, 0.717) is 13.2 Å². The summed E-state index contributed by atoms with van der Waals surface area (Å²) in [5, 5.41) is 0. The lowest BCUT2D eigenvalue weighted by Crippen LogP contribution is -2.20. The van der Waals surface area contributed by atoms with Gasteiger partial charge in [0.1, 0.15) is 30.0 Å². The number of hydrogen-bond donors (Lipinski definition) is 0. The summed E-state index contributed by atoms with van der Waals surface area (Å²) in [5.74, 6) is 2.40. The van der Waals surface area contributed by atoms with E-state index in [9.17, 15) is 0 Å². The normalized spacial score (nSPS) is 20.8. The highest BCUT2D eigenvalue weighted by Crippen LogP contribution is 2.24. The van der Waals surface area contributed by atoms with Crippen LogP contribution in [0.25, 0.3) is 0 Å². The minimum Gasteiger partial charge on any atom is -0.491 e. The highest BCUT2D eigenvalue weighted by Gasteiger charge is 2.24. The van der Waals surface area contributed by atoms with E-state index in [1.807, 2.05) is 61.5 Å². The first-order valence-electron chi connectivity index (χ1n) is 7.56. The number of hydrogen-bond acceptors (Lipinski definition) is 4. The zero-order chi connectivity index (χ0) is 15.2. The van der Waals surface area contributed by atoms with Gasteiger partial charge in [-0.2, -0.15) is 0 Å². The van der Waals surface area contributed by atoms with Crippen LogP contribution in [0.4, 0.5) is 0 Å². The molecule has 0 N–H and O–H groups in total. The molecule has 1 aliphatic heterocycles. The largest absolute Gasteiger partial charge is 0.491 e. The molecule has 1 saturated heterocycles. The van der Waals surface area contributed by atoms with Crippen LogP contribution >= 0.6 is 0 Å². The molecule has 4 heteroatoms. The SMILES string of the molecule is CC[C@@H]1OC[C@H](COc2ccc(Oc3ccccc3)cc2)O1. The van der Waals surface area contributed by atoms with Gasteiger partial charge in [0, 0.05) is 0 Å². The van der Waals surface area contributed by atoms with Crippen molar-refractivity contribution in [3.8, 4) is 17.2 Å². The van der Waals surface area contributed by atoms with Crippen LogP contribution in [0.2, 0.25) is 0 Å². The number of ether oxygens (including phenoxy) is 4. The molecular formula is C18H20O4. The first-order chi connectivity index (χ1) is 10.8. The van der Waals surface area contributed by atoms with Gasteiger partial charge in [0.25, 0.3) is 0 Å². The maximum atomic E-state index is 5.74. The minimum absolute atomic E-state index is 0.00481. The molecule has 0 saturated carbocycles. The van der Waals surface area contributed by atoms with Gasteiger partial charge in [-0.1, -0.05) is 25.1 Å². The van der Waals surface area contributed by atoms with Crippen LogP contribution in [0.1, 0.15) is 13.3 Å². The molecule has 0 aromatic heterocycles. The number of para-hydroxylation sites is 1. The van der Waals surface area contributed by atoms with E-state index in [2.05, 4.69) is 0 Å². The zero-order valence-electron chi connectivity index (χ0n) is 12.6. The van der Waals surface area contributed by atoms with Gasteiger partial charge in [-0.05, 0) is 42.8 Å². The van der Waals surface area contributed by atoms with E-state index in [1.165, 1.54) is 0 Å². The van der Waals surface area contributed by atoms with E-state index in [4.69, 9.17) is 18.9 Å². The number of rotatable bonds is 6. The Bertz CT molecular complexity index is 567. The second kappa shape index (κ2) is 7.29. The third-order valence-corrected chi connectivity index (χ3v) is 3.38. The fourth-order valence-electron chi connectivity index (χ4n) is 2.23. The molecule has 0 radical (unpaired) electrons. The van der Waals surface area contributed by atoms with Gasteiger partial charge in [0.15, 0.2) is 6.29 Å². The zero-order valence-corrected chi connectivity index (χ0v) is 12.6. The molecule has 116 valence electrons. The molecule has 2 aromatic rings. The lowest BCUT2D eigenvalue weighted by molar-refractivity contribution is -0.0642. The summed E-state index contributed by atoms with van der Waals surface area (Å²) in [6.07, 6.45) is 0.780. The highest BCUT2D eigenvalue weighted by molar-refractivity contribution is 5.35. The van der Waals surface area contributed by atoms with Gasteiger partial charge in [-0.3, -0.25) is 0 Å². The molecule has 22 heavy (non-hydrogen) atoms. The molecule has 0 bridgehead atoms. The predicted octanol–water partition coefficient (Wildman–Crippen LogP) is 4.01. The molecular weight excluding hydrogens is 280 g/mol. The molecule has 0 spiro atoms. The van der Waals surface area contributed by atoms with E-state index < -0.39 is 0 Å². The van der Waals surface area contributed by atoms with Gasteiger partial charge in [-0.25, -0.2) is 0 Å². The Kier molecular flexibility index (Phi) is 4.93. The van der Waals surface area contributed by atoms with Crippen molar-refractivity contribution in [2.45, 2.75) is 25.7 Å². The van der Waals surface area contributed by atoms with Crippen molar-refractivity contribution in [2.24, 2.45) is 0 Å². The summed E-state index contributed by atoms with van der Waals surface area (Å²) in [5.41, 5.74) is 0. The lowest BCUT2D eigenvalue weighted by atomic mass is 10.3. The maximum Gasteiger partial charge on any atom is 0.158 e. The van der Waals surface area contributed by atoms with Crippen molar-refractivity contribution >= 4 is 0 Å². The van der Waals surface area contributed by atoms with E-state index >= 15 is 0 Å². The average molecular weight is 300 g/mol. The molecule has 0 aliphatic carbocycles. The van der Waals surface area contributed by atoms with Crippen LogP contribution in [0.5, 0.6) is 17.2 Å². The first-order valence-corrected chi connectivity index (χ1v) is 7.56. The van der Waals surface area contributed by atoms with Gasteiger partial charge in [-0.15, -0.1) is 0 Å². The fraction of sp³-hybridized carbons (Fsp3) is 0.333. The summed E-state index contributed by atoms with van der Waals surface area (Å²) in [6.45, 7) is 3.13. The fourth-order valence-corrected chi connectivity index (χ4v) is 2.23. The van der Waals surface area contributed by atoms with E-state index in [1.54, 1.807) is 0 Å². The Hall–Kier alpha value is -2.04. The summed E-state index contributed by atoms with van der Waals surface area (Å²) >= 11 is 0. The quantitative estimate of drug-likeness (QED) is 0.807. The lowest BCUT2D eigenvalue weighted by Gasteiger charge is -2.12. The molecule has 1 heterocycles. The smallest absolute Gasteiger partial charge is 0.158 e. The second-order valence-electron chi connectivity index (χ2n) is 5.13. The highest BCUT2D eigenvalue weighted by atomic mass is 16.7. The van der Waals surface area contributed by atoms with Gasteiger partial charge >= 0.3 is 0 Å². The van der Waals surface area contributed by atoms with E-state index in [-0.39, 0.29) is 12.4 Å². The van der Waals surface area contributed by atoms with Crippen LogP contribution in [0.3, 0.4) is 0 Å². The van der Waals surface area contributed by atoms with Crippen molar-refractivity contribution in [2.75, 3.05) is 13.2 Å². The predicted molar refractivity (Wildman–Crippen MR) is 83.4 cm³/mol. The van der Waals surface area contributed by atoms with Gasteiger partial charge in [0.05, 0.1) is 6.61 Å². The summed E-state index contributed by atoms with van der Waals surface area (Å²) in [7, 11) is 0. The van der Waals surface area contributed by atoms with Crippen molar-refractivity contribution in [1.29, 1.82) is 0 Å². The minimum atomic E-state index is -0.0877. The van der Waals surface area contributed by atoms with Crippen LogP contribution in [0, 0.1) is 0 Å². The van der Waals surface area contributed by atoms with Crippen LogP contribution in [-0.4, -0.2) is 25.6 Å². The average Bonchev–Trinajstić information content (AvgIpc) is 3.03. The topological polar surface area (TPSA) is 36.9 Å². The maximum absolute atomic E-state index is 5.74. The Morgan fingerprint density at radius 3 is 2.32 bits per heavy atom. The van der Waals surface area contributed by atoms with Crippen LogP contribution in [-0.2, 0) is 9.47 Å². The van der Waals surface area contributed by atoms with Crippen molar-refractivity contribution in [1.82, 2.24) is 0 Å². The molecule has 2 aromatic carbocycles. The van der Waals surface area contributed by atoms with Crippen LogP contribution < -0.4 is 9.47 Å². The standard InChI is InChI=1S/C18H20O4/c1-2-18-20-13-17(22-18)12-19-14-8-10-16(11-9-14)21-15-6-4-3-5-7-15/h3-11,17-18H,2,12-13H2,1H3/t17-,18+/m0/s1. The van der Waals surface area contributed by atoms with Crippen molar-refractivity contribution in [3.05, 3.63) is 54.6 Å².